The maximum absolute atomic E-state index is 13.9. The molecule has 0 spiro atoms. The summed E-state index contributed by atoms with van der Waals surface area (Å²) in [5, 5.41) is 27.9. The monoisotopic (exact) mass is 586 g/mol. The maximum Gasteiger partial charge on any atom is 0.459 e. The van der Waals surface area contributed by atoms with Gasteiger partial charge in [-0.3, -0.25) is 9.32 Å². The summed E-state index contributed by atoms with van der Waals surface area (Å²) in [6, 6.07) is 12.6. The topological polar surface area (TPSA) is 183 Å². The molecule has 3 aromatic rings. The molecule has 1 saturated heterocycles. The van der Waals surface area contributed by atoms with E-state index < -0.39 is 37.6 Å². The van der Waals surface area contributed by atoms with Gasteiger partial charge in [0.15, 0.2) is 5.82 Å². The molecule has 41 heavy (non-hydrogen) atoms. The minimum atomic E-state index is -4.18. The number of aliphatic hydroxyl groups excluding tert-OH is 1. The maximum atomic E-state index is 13.9. The van der Waals surface area contributed by atoms with E-state index in [2.05, 4.69) is 21.2 Å². The Kier molecular flexibility index (Phi) is 9.63. The van der Waals surface area contributed by atoms with Crippen molar-refractivity contribution in [2.75, 3.05) is 18.9 Å². The Morgan fingerprint density at radius 2 is 2.05 bits per heavy atom. The van der Waals surface area contributed by atoms with E-state index in [4.69, 9.17) is 24.3 Å². The van der Waals surface area contributed by atoms with Crippen LogP contribution >= 0.6 is 7.75 Å². The molecule has 2 aromatic heterocycles. The van der Waals surface area contributed by atoms with Crippen LogP contribution in [-0.2, 0) is 29.0 Å². The summed E-state index contributed by atoms with van der Waals surface area (Å²) in [4.78, 5) is 16.6. The normalized spacial score (nSPS) is 22.7. The highest BCUT2D eigenvalue weighted by Gasteiger charge is 2.52. The standard InChI is InChI=1S/C27H35N6O7P/c1-4-19(5-2)14-37-26(35)18(3)32-41(36,40-20-9-7-6-8-10-20)38-15-21-13-24(34)27(16-28,39-21)23-12-11-22-25(29)30-17-31-33(22)23/h6-12,17-19,21,24,34H,4-5,13-15H2,1-3H3,(H,32,36)(H2,29,30,31)/t18-,21-,24+,27-,41-/m0/s1. The van der Waals surface area contributed by atoms with Gasteiger partial charge in [-0.2, -0.15) is 15.4 Å². The molecule has 0 aliphatic carbocycles. The van der Waals surface area contributed by atoms with Crippen LogP contribution in [0.3, 0.4) is 0 Å². The fraction of sp³-hybridized carbons (Fsp3) is 0.481. The van der Waals surface area contributed by atoms with Crippen molar-refractivity contribution >= 4 is 25.1 Å². The number of anilines is 1. The van der Waals surface area contributed by atoms with Crippen LogP contribution < -0.4 is 15.3 Å². The molecule has 1 aliphatic heterocycles. The van der Waals surface area contributed by atoms with E-state index in [0.29, 0.717) is 5.52 Å². The Balaban J connectivity index is 1.49. The van der Waals surface area contributed by atoms with Gasteiger partial charge in [-0.25, -0.2) is 14.1 Å². The molecular weight excluding hydrogens is 551 g/mol. The van der Waals surface area contributed by atoms with E-state index >= 15 is 0 Å². The lowest BCUT2D eigenvalue weighted by Gasteiger charge is -2.26. The molecule has 1 aliphatic rings. The lowest BCUT2D eigenvalue weighted by molar-refractivity contribution is -0.146. The molecule has 13 nitrogen and oxygen atoms in total. The SMILES string of the molecule is CCC(CC)COC(=O)[C@H](C)N[P@](=O)(OC[C@@H]1C[C@@H](O)[C@](C#N)(c2ccc3c(N)ncnn23)O1)Oc1ccccc1. The number of rotatable bonds is 13. The highest BCUT2D eigenvalue weighted by molar-refractivity contribution is 7.52. The predicted octanol–water partition coefficient (Wildman–Crippen LogP) is 3.34. The second-order valence-electron chi connectivity index (χ2n) is 9.86. The Morgan fingerprint density at radius 1 is 1.32 bits per heavy atom. The number of ether oxygens (including phenoxy) is 2. The second-order valence-corrected chi connectivity index (χ2v) is 11.6. The molecule has 4 N–H and O–H groups in total. The second kappa shape index (κ2) is 13.0. The number of nitrogens with zero attached hydrogens (tertiary/aromatic N) is 4. The third kappa shape index (κ3) is 6.69. The molecule has 5 atom stereocenters. The minimum Gasteiger partial charge on any atom is -0.464 e. The predicted molar refractivity (Wildman–Crippen MR) is 148 cm³/mol. The number of hydrogen-bond donors (Lipinski definition) is 3. The molecule has 4 rings (SSSR count). The Bertz CT molecular complexity index is 1430. The zero-order valence-electron chi connectivity index (χ0n) is 23.2. The van der Waals surface area contributed by atoms with Gasteiger partial charge in [0.05, 0.1) is 25.0 Å². The summed E-state index contributed by atoms with van der Waals surface area (Å²) in [5.74, 6) is 0.0671. The van der Waals surface area contributed by atoms with Crippen LogP contribution in [0.2, 0.25) is 0 Å². The van der Waals surface area contributed by atoms with Crippen LogP contribution in [0.5, 0.6) is 5.75 Å². The first-order valence-corrected chi connectivity index (χ1v) is 15.0. The number of nitrogens with one attached hydrogen (secondary N) is 1. The summed E-state index contributed by atoms with van der Waals surface area (Å²) in [6.45, 7) is 5.46. The fourth-order valence-corrected chi connectivity index (χ4v) is 6.08. The first-order valence-electron chi connectivity index (χ1n) is 13.4. The number of nitrogens with two attached hydrogens (primary N) is 1. The number of aliphatic hydroxyl groups is 1. The number of fused-ring (bicyclic) bond motifs is 1. The van der Waals surface area contributed by atoms with Gasteiger partial charge in [-0.05, 0) is 37.1 Å². The van der Waals surface area contributed by atoms with Crippen molar-refractivity contribution in [1.29, 1.82) is 5.26 Å². The van der Waals surface area contributed by atoms with E-state index in [0.717, 1.165) is 12.8 Å². The van der Waals surface area contributed by atoms with E-state index in [1.54, 1.807) is 42.5 Å². The van der Waals surface area contributed by atoms with Gasteiger partial charge < -0.3 is 24.8 Å². The van der Waals surface area contributed by atoms with E-state index in [1.807, 2.05) is 13.8 Å². The number of carbonyl (C=O) groups excluding carboxylic acids is 1. The highest BCUT2D eigenvalue weighted by Crippen LogP contribution is 2.47. The average Bonchev–Trinajstić information content (AvgIpc) is 3.55. The average molecular weight is 587 g/mol. The van der Waals surface area contributed by atoms with Crippen molar-refractivity contribution in [3.05, 3.63) is 54.5 Å². The van der Waals surface area contributed by atoms with Crippen molar-refractivity contribution < 1.29 is 33.0 Å². The van der Waals surface area contributed by atoms with Crippen molar-refractivity contribution in [3.8, 4) is 11.8 Å². The molecule has 0 radical (unpaired) electrons. The molecule has 1 aromatic carbocycles. The van der Waals surface area contributed by atoms with Crippen LogP contribution in [-0.4, -0.2) is 57.1 Å². The van der Waals surface area contributed by atoms with Crippen molar-refractivity contribution in [1.82, 2.24) is 19.7 Å². The van der Waals surface area contributed by atoms with Crippen LogP contribution in [0, 0.1) is 17.2 Å². The van der Waals surface area contributed by atoms with E-state index in [9.17, 15) is 19.7 Å². The lowest BCUT2D eigenvalue weighted by Crippen LogP contribution is -2.37. The van der Waals surface area contributed by atoms with Crippen LogP contribution in [0.4, 0.5) is 5.82 Å². The summed E-state index contributed by atoms with van der Waals surface area (Å²) < 4.78 is 38.1. The van der Waals surface area contributed by atoms with Gasteiger partial charge in [0.1, 0.15) is 35.8 Å². The van der Waals surface area contributed by atoms with Crippen molar-refractivity contribution in [3.63, 3.8) is 0 Å². The van der Waals surface area contributed by atoms with Gasteiger partial charge in [0.2, 0.25) is 5.60 Å². The fourth-order valence-electron chi connectivity index (χ4n) is 4.56. The number of benzene rings is 1. The summed E-state index contributed by atoms with van der Waals surface area (Å²) in [5.41, 5.74) is 4.82. The smallest absolute Gasteiger partial charge is 0.459 e. The number of carbonyl (C=O) groups is 1. The first kappa shape index (κ1) is 30.4. The number of nitrogen functional groups attached to an aromatic ring is 1. The Morgan fingerprint density at radius 3 is 2.73 bits per heavy atom. The summed E-state index contributed by atoms with van der Waals surface area (Å²) in [7, 11) is -4.18. The van der Waals surface area contributed by atoms with Crippen molar-refractivity contribution in [2.45, 2.75) is 63.9 Å². The summed E-state index contributed by atoms with van der Waals surface area (Å²) >= 11 is 0. The molecule has 3 heterocycles. The lowest BCUT2D eigenvalue weighted by atomic mass is 9.94. The van der Waals surface area contributed by atoms with Crippen LogP contribution in [0.25, 0.3) is 5.52 Å². The third-order valence-electron chi connectivity index (χ3n) is 7.06. The molecule has 0 amide bonds. The molecule has 0 saturated carbocycles. The Labute approximate surface area is 238 Å². The van der Waals surface area contributed by atoms with Gasteiger partial charge in [-0.15, -0.1) is 0 Å². The molecule has 0 bridgehead atoms. The number of para-hydroxylation sites is 1. The van der Waals surface area contributed by atoms with Crippen molar-refractivity contribution in [2.24, 2.45) is 5.92 Å². The number of aromatic nitrogens is 3. The highest BCUT2D eigenvalue weighted by atomic mass is 31.2. The van der Waals surface area contributed by atoms with Crippen LogP contribution in [0.1, 0.15) is 45.7 Å². The van der Waals surface area contributed by atoms with Gasteiger partial charge in [0.25, 0.3) is 0 Å². The zero-order chi connectivity index (χ0) is 29.6. The molecule has 0 unspecified atom stereocenters. The van der Waals surface area contributed by atoms with Gasteiger partial charge in [0, 0.05) is 6.42 Å². The Hall–Kier alpha value is -3.53. The number of hydrogen-bond acceptors (Lipinski definition) is 11. The quantitative estimate of drug-likeness (QED) is 0.196. The zero-order valence-corrected chi connectivity index (χ0v) is 24.1. The largest absolute Gasteiger partial charge is 0.464 e. The molecule has 14 heteroatoms. The van der Waals surface area contributed by atoms with Crippen LogP contribution in [0.15, 0.2) is 48.8 Å². The van der Waals surface area contributed by atoms with E-state index in [-0.39, 0.29) is 42.8 Å². The molecular formula is C27H35N6O7P. The number of esters is 1. The minimum absolute atomic E-state index is 0.0142. The summed E-state index contributed by atoms with van der Waals surface area (Å²) in [6.07, 6.45) is 0.818. The molecule has 1 fully saturated rings. The first-order chi connectivity index (χ1) is 19.6. The number of nitriles is 1. The van der Waals surface area contributed by atoms with Gasteiger partial charge >= 0.3 is 13.7 Å². The molecule has 220 valence electrons. The van der Waals surface area contributed by atoms with E-state index in [1.165, 1.54) is 17.8 Å². The third-order valence-corrected chi connectivity index (χ3v) is 8.70. The van der Waals surface area contributed by atoms with Gasteiger partial charge in [-0.1, -0.05) is 44.9 Å².